The number of carbonyl (C=O) groups is 1. The molecule has 0 saturated carbocycles. The van der Waals surface area contributed by atoms with Crippen molar-refractivity contribution in [3.8, 4) is 5.75 Å². The molecule has 1 aromatic carbocycles. The van der Waals surface area contributed by atoms with Crippen LogP contribution < -0.4 is 4.74 Å². The van der Waals surface area contributed by atoms with Crippen molar-refractivity contribution in [3.05, 3.63) is 47.8 Å². The number of hydrogen-bond acceptors (Lipinski definition) is 3. The van der Waals surface area contributed by atoms with Crippen LogP contribution in [0.3, 0.4) is 0 Å². The number of carboxylic acid groups (broad SMARTS) is 1. The van der Waals surface area contributed by atoms with E-state index in [0.29, 0.717) is 18.9 Å². The number of aromatic nitrogens is 2. The molecular weight excluding hydrogens is 232 g/mol. The molecule has 5 nitrogen and oxygen atoms in total. The lowest BCUT2D eigenvalue weighted by Gasteiger charge is -2.09. The number of aryl methyl sites for hydroxylation is 1. The lowest BCUT2D eigenvalue weighted by atomic mass is 10.2. The van der Waals surface area contributed by atoms with E-state index in [2.05, 4.69) is 5.10 Å². The van der Waals surface area contributed by atoms with Gasteiger partial charge in [-0.3, -0.25) is 4.68 Å². The van der Waals surface area contributed by atoms with Gasteiger partial charge in [0.2, 0.25) is 0 Å². The molecule has 0 bridgehead atoms. The number of benzene rings is 1. The van der Waals surface area contributed by atoms with E-state index in [-0.39, 0.29) is 5.56 Å². The summed E-state index contributed by atoms with van der Waals surface area (Å²) >= 11 is 0. The van der Waals surface area contributed by atoms with Crippen molar-refractivity contribution in [2.75, 3.05) is 6.61 Å². The number of rotatable bonds is 5. The molecule has 0 atom stereocenters. The number of para-hydroxylation sites is 1. The van der Waals surface area contributed by atoms with Crippen molar-refractivity contribution in [2.24, 2.45) is 0 Å². The minimum atomic E-state index is -0.985. The van der Waals surface area contributed by atoms with Crippen LogP contribution in [0.4, 0.5) is 0 Å². The Morgan fingerprint density at radius 1 is 1.39 bits per heavy atom. The Morgan fingerprint density at radius 2 is 2.17 bits per heavy atom. The van der Waals surface area contributed by atoms with Gasteiger partial charge in [-0.15, -0.1) is 0 Å². The number of ether oxygens (including phenoxy) is 1. The van der Waals surface area contributed by atoms with E-state index < -0.39 is 5.97 Å². The van der Waals surface area contributed by atoms with Crippen LogP contribution in [0.2, 0.25) is 0 Å². The highest BCUT2D eigenvalue weighted by Crippen LogP contribution is 2.17. The number of carboxylic acids is 1. The van der Waals surface area contributed by atoms with Crippen molar-refractivity contribution < 1.29 is 14.6 Å². The summed E-state index contributed by atoms with van der Waals surface area (Å²) in [5.41, 5.74) is 1.22. The topological polar surface area (TPSA) is 64.4 Å². The Bertz CT molecular complexity index is 549. The third-order valence-electron chi connectivity index (χ3n) is 2.61. The summed E-state index contributed by atoms with van der Waals surface area (Å²) in [5.74, 6) is -0.601. The average molecular weight is 246 g/mol. The second kappa shape index (κ2) is 5.35. The second-order valence-electron chi connectivity index (χ2n) is 3.85. The molecule has 0 saturated heterocycles. The van der Waals surface area contributed by atoms with E-state index in [4.69, 9.17) is 9.84 Å². The molecule has 0 aliphatic rings. The van der Waals surface area contributed by atoms with Gasteiger partial charge in [-0.25, -0.2) is 4.79 Å². The fourth-order valence-corrected chi connectivity index (χ4v) is 1.64. The monoisotopic (exact) mass is 246 g/mol. The van der Waals surface area contributed by atoms with Gasteiger partial charge >= 0.3 is 5.97 Å². The molecule has 18 heavy (non-hydrogen) atoms. The molecule has 0 unspecified atom stereocenters. The number of hydrogen-bond donors (Lipinski definition) is 1. The van der Waals surface area contributed by atoms with E-state index in [0.717, 1.165) is 5.69 Å². The minimum absolute atomic E-state index is 0.176. The lowest BCUT2D eigenvalue weighted by molar-refractivity contribution is 0.0692. The van der Waals surface area contributed by atoms with Gasteiger partial charge in [0, 0.05) is 11.9 Å². The van der Waals surface area contributed by atoms with Crippen molar-refractivity contribution in [3.63, 3.8) is 0 Å². The molecule has 2 aromatic rings. The van der Waals surface area contributed by atoms with Crippen LogP contribution in [0.25, 0.3) is 0 Å². The zero-order valence-corrected chi connectivity index (χ0v) is 10.0. The van der Waals surface area contributed by atoms with E-state index in [1.807, 2.05) is 17.7 Å². The smallest absolute Gasteiger partial charge is 0.339 e. The van der Waals surface area contributed by atoms with Crippen LogP contribution in [0.15, 0.2) is 36.5 Å². The quantitative estimate of drug-likeness (QED) is 0.876. The molecule has 5 heteroatoms. The van der Waals surface area contributed by atoms with Crippen molar-refractivity contribution in [2.45, 2.75) is 13.5 Å². The van der Waals surface area contributed by atoms with Crippen LogP contribution in [0, 0.1) is 6.92 Å². The number of nitrogens with zero attached hydrogens (tertiary/aromatic N) is 2. The summed E-state index contributed by atoms with van der Waals surface area (Å²) in [7, 11) is 0. The normalized spacial score (nSPS) is 10.3. The van der Waals surface area contributed by atoms with Crippen molar-refractivity contribution in [1.82, 2.24) is 9.78 Å². The summed E-state index contributed by atoms with van der Waals surface area (Å²) in [6.07, 6.45) is 1.72. The first-order chi connectivity index (χ1) is 8.68. The summed E-state index contributed by atoms with van der Waals surface area (Å²) in [6, 6.07) is 8.51. The van der Waals surface area contributed by atoms with Crippen LogP contribution in [-0.4, -0.2) is 27.5 Å². The van der Waals surface area contributed by atoms with Gasteiger partial charge in [0.05, 0.1) is 6.54 Å². The first-order valence-electron chi connectivity index (χ1n) is 5.62. The summed E-state index contributed by atoms with van der Waals surface area (Å²) < 4.78 is 7.29. The molecule has 0 aliphatic heterocycles. The lowest BCUT2D eigenvalue weighted by Crippen LogP contribution is -2.12. The maximum Gasteiger partial charge on any atom is 0.339 e. The van der Waals surface area contributed by atoms with Gasteiger partial charge in [-0.2, -0.15) is 5.10 Å². The molecule has 0 spiro atoms. The van der Waals surface area contributed by atoms with E-state index >= 15 is 0 Å². The summed E-state index contributed by atoms with van der Waals surface area (Å²) in [5, 5.41) is 13.1. The molecule has 1 N–H and O–H groups in total. The van der Waals surface area contributed by atoms with Crippen molar-refractivity contribution in [1.29, 1.82) is 0 Å². The highest BCUT2D eigenvalue weighted by atomic mass is 16.5. The van der Waals surface area contributed by atoms with Crippen LogP contribution in [0.1, 0.15) is 16.1 Å². The molecule has 94 valence electrons. The first-order valence-corrected chi connectivity index (χ1v) is 5.62. The highest BCUT2D eigenvalue weighted by molar-refractivity contribution is 5.90. The molecule has 1 aromatic heterocycles. The third kappa shape index (κ3) is 2.68. The molecular formula is C13H14N2O3. The Labute approximate surface area is 105 Å². The fraction of sp³-hybridized carbons (Fsp3) is 0.231. The van der Waals surface area contributed by atoms with Gasteiger partial charge in [0.15, 0.2) is 0 Å². The van der Waals surface area contributed by atoms with E-state index in [9.17, 15) is 4.79 Å². The highest BCUT2D eigenvalue weighted by Gasteiger charge is 2.09. The minimum Gasteiger partial charge on any atom is -0.491 e. The maximum absolute atomic E-state index is 11.0. The predicted octanol–water partition coefficient (Wildman–Crippen LogP) is 1.97. The Balaban J connectivity index is 1.99. The zero-order valence-electron chi connectivity index (χ0n) is 10.0. The summed E-state index contributed by atoms with van der Waals surface area (Å²) in [6.45, 7) is 2.93. The van der Waals surface area contributed by atoms with Crippen LogP contribution in [-0.2, 0) is 6.54 Å². The van der Waals surface area contributed by atoms with Gasteiger partial charge in [-0.1, -0.05) is 12.1 Å². The van der Waals surface area contributed by atoms with Crippen LogP contribution in [0.5, 0.6) is 5.75 Å². The SMILES string of the molecule is Cc1ccnn1CCOc1ccccc1C(=O)O. The standard InChI is InChI=1S/C13H14N2O3/c1-10-6-7-14-15(10)8-9-18-12-5-3-2-4-11(12)13(16)17/h2-7H,8-9H2,1H3,(H,16,17). The number of aromatic carboxylic acids is 1. The Hall–Kier alpha value is -2.30. The van der Waals surface area contributed by atoms with Crippen LogP contribution >= 0.6 is 0 Å². The molecule has 2 rings (SSSR count). The Kier molecular flexibility index (Phi) is 3.62. The maximum atomic E-state index is 11.0. The fourth-order valence-electron chi connectivity index (χ4n) is 1.64. The molecule has 0 aliphatic carbocycles. The van der Waals surface area contributed by atoms with E-state index in [1.165, 1.54) is 6.07 Å². The van der Waals surface area contributed by atoms with Crippen molar-refractivity contribution >= 4 is 5.97 Å². The Morgan fingerprint density at radius 3 is 2.83 bits per heavy atom. The van der Waals surface area contributed by atoms with Gasteiger partial charge < -0.3 is 9.84 Å². The first kappa shape index (κ1) is 12.2. The average Bonchev–Trinajstić information content (AvgIpc) is 2.76. The second-order valence-corrected chi connectivity index (χ2v) is 3.85. The molecule has 1 heterocycles. The van der Waals surface area contributed by atoms with Gasteiger partial charge in [-0.05, 0) is 25.1 Å². The largest absolute Gasteiger partial charge is 0.491 e. The van der Waals surface area contributed by atoms with Gasteiger partial charge in [0.25, 0.3) is 0 Å². The van der Waals surface area contributed by atoms with E-state index in [1.54, 1.807) is 24.4 Å². The van der Waals surface area contributed by atoms with Gasteiger partial charge in [0.1, 0.15) is 17.9 Å². The predicted molar refractivity (Wildman–Crippen MR) is 65.9 cm³/mol. The molecule has 0 amide bonds. The zero-order chi connectivity index (χ0) is 13.0. The third-order valence-corrected chi connectivity index (χ3v) is 2.61. The molecule has 0 fully saturated rings. The summed E-state index contributed by atoms with van der Waals surface area (Å²) in [4.78, 5) is 11.0. The molecule has 0 radical (unpaired) electrons.